The second-order valence-corrected chi connectivity index (χ2v) is 9.48. The van der Waals surface area contributed by atoms with E-state index in [0.717, 1.165) is 9.21 Å². The van der Waals surface area contributed by atoms with E-state index >= 15 is 0 Å². The average Bonchev–Trinajstić information content (AvgIpc) is 3.30. The lowest BCUT2D eigenvalue weighted by Gasteiger charge is -2.34. The summed E-state index contributed by atoms with van der Waals surface area (Å²) < 4.78 is 27.2. The zero-order chi connectivity index (χ0) is 23.1. The Balaban J connectivity index is 1.63. The van der Waals surface area contributed by atoms with Crippen LogP contribution in [0.2, 0.25) is 0 Å². The van der Waals surface area contributed by atoms with E-state index in [1.54, 1.807) is 18.2 Å². The van der Waals surface area contributed by atoms with E-state index in [0.29, 0.717) is 5.56 Å². The number of pyridine rings is 1. The minimum absolute atomic E-state index is 0.0110. The van der Waals surface area contributed by atoms with Crippen LogP contribution in [-0.2, 0) is 30.8 Å². The van der Waals surface area contributed by atoms with Crippen LogP contribution in [-0.4, -0.2) is 70.0 Å². The summed E-state index contributed by atoms with van der Waals surface area (Å²) in [5.41, 5.74) is 4.20. The molecule has 1 aromatic heterocycles. The molecule has 167 valence electrons. The number of phenols is 1. The number of carbonyl (C=O) groups is 3. The highest BCUT2D eigenvalue weighted by Gasteiger charge is 2.68. The molecule has 2 fully saturated rings. The minimum Gasteiger partial charge on any atom is -0.508 e. The molecule has 2 saturated heterocycles. The van der Waals surface area contributed by atoms with Crippen LogP contribution in [0, 0.1) is 6.42 Å². The molecule has 10 nitrogen and oxygen atoms in total. The van der Waals surface area contributed by atoms with Gasteiger partial charge in [0.05, 0.1) is 19.0 Å². The molecule has 1 radical (unpaired) electrons. The van der Waals surface area contributed by atoms with Crippen molar-refractivity contribution in [3.05, 3.63) is 60.6 Å². The third kappa shape index (κ3) is 3.33. The highest BCUT2D eigenvalue weighted by atomic mass is 32.2. The molecule has 0 bridgehead atoms. The van der Waals surface area contributed by atoms with Gasteiger partial charge in [0.15, 0.2) is 16.3 Å². The molecule has 2 amide bonds. The van der Waals surface area contributed by atoms with E-state index in [1.165, 1.54) is 36.9 Å². The maximum atomic E-state index is 13.1. The average molecular weight is 457 g/mol. The van der Waals surface area contributed by atoms with Crippen LogP contribution >= 0.6 is 0 Å². The number of sulfonamides is 1. The molecule has 0 aliphatic carbocycles. The third-order valence-electron chi connectivity index (χ3n) is 5.88. The molecule has 4 rings (SSSR count). The first kappa shape index (κ1) is 21.9. The van der Waals surface area contributed by atoms with Crippen molar-refractivity contribution in [3.8, 4) is 5.75 Å². The summed E-state index contributed by atoms with van der Waals surface area (Å²) in [6.07, 6.45) is 2.82. The predicted octanol–water partition coefficient (Wildman–Crippen LogP) is -0.367. The molecule has 2 atom stereocenters. The lowest BCUT2D eigenvalue weighted by Crippen LogP contribution is -2.64. The quantitative estimate of drug-likeness (QED) is 0.562. The number of fused-ring (bicyclic) bond motifs is 1. The summed E-state index contributed by atoms with van der Waals surface area (Å²) in [6, 6.07) is 9.56. The first-order chi connectivity index (χ1) is 15.2. The van der Waals surface area contributed by atoms with Gasteiger partial charge in [-0.25, -0.2) is 13.4 Å². The number of hydrogen-bond donors (Lipinski definition) is 2. The molecule has 0 saturated carbocycles. The van der Waals surface area contributed by atoms with Crippen molar-refractivity contribution in [1.29, 1.82) is 0 Å². The molecule has 0 spiro atoms. The number of nitrogens with two attached hydrogens (primary N) is 1. The molecular formula is C21H21N4O6S. The Hall–Kier alpha value is -3.31. The van der Waals surface area contributed by atoms with Gasteiger partial charge in [0.1, 0.15) is 5.75 Å². The zero-order valence-electron chi connectivity index (χ0n) is 16.9. The smallest absolute Gasteiger partial charge is 0.261 e. The Morgan fingerprint density at radius 2 is 2.03 bits per heavy atom. The monoisotopic (exact) mass is 457 g/mol. The van der Waals surface area contributed by atoms with E-state index in [4.69, 9.17) is 5.73 Å². The number of phenolic OH excluding ortho intramolecular Hbond substituents is 1. The number of Topliss-reactive ketones (excluding diaryl/α,β-unsaturated/α-hetero) is 1. The van der Waals surface area contributed by atoms with Crippen molar-refractivity contribution in [3.63, 3.8) is 0 Å². The third-order valence-corrected chi connectivity index (χ3v) is 7.65. The van der Waals surface area contributed by atoms with Crippen molar-refractivity contribution in [1.82, 2.24) is 14.2 Å². The molecule has 11 heteroatoms. The van der Waals surface area contributed by atoms with E-state index < -0.39 is 45.7 Å². The molecule has 2 aromatic rings. The number of nitrogens with zero attached hydrogens (tertiary/aromatic N) is 3. The Morgan fingerprint density at radius 3 is 2.69 bits per heavy atom. The highest BCUT2D eigenvalue weighted by Crippen LogP contribution is 2.42. The molecule has 2 aliphatic rings. The van der Waals surface area contributed by atoms with Crippen LogP contribution in [0.15, 0.2) is 53.7 Å². The summed E-state index contributed by atoms with van der Waals surface area (Å²) in [6.45, 7) is -0.591. The van der Waals surface area contributed by atoms with E-state index in [1.807, 2.05) is 0 Å². The number of carbonyl (C=O) groups excluding carboxylic acids is 3. The van der Waals surface area contributed by atoms with Gasteiger partial charge in [-0.2, -0.15) is 4.31 Å². The molecule has 2 unspecified atom stereocenters. The fourth-order valence-corrected chi connectivity index (χ4v) is 6.03. The summed E-state index contributed by atoms with van der Waals surface area (Å²) in [7, 11) is -4.19. The Morgan fingerprint density at radius 1 is 1.25 bits per heavy atom. The Kier molecular flexibility index (Phi) is 5.47. The number of aromatic nitrogens is 1. The number of ketones is 1. The Labute approximate surface area is 184 Å². The van der Waals surface area contributed by atoms with Gasteiger partial charge in [0.2, 0.25) is 5.91 Å². The van der Waals surface area contributed by atoms with Crippen LogP contribution in [0.1, 0.15) is 12.0 Å². The number of benzene rings is 1. The maximum Gasteiger partial charge on any atom is 0.261 e. The largest absolute Gasteiger partial charge is 0.508 e. The van der Waals surface area contributed by atoms with Crippen LogP contribution < -0.4 is 5.73 Å². The van der Waals surface area contributed by atoms with Gasteiger partial charge in [-0.3, -0.25) is 14.4 Å². The topological polar surface area (TPSA) is 151 Å². The van der Waals surface area contributed by atoms with Crippen LogP contribution in [0.25, 0.3) is 0 Å². The summed E-state index contributed by atoms with van der Waals surface area (Å²) in [5.74, 6) is -2.38. The second-order valence-electron chi connectivity index (χ2n) is 7.64. The predicted molar refractivity (Wildman–Crippen MR) is 111 cm³/mol. The number of likely N-dealkylation sites (tertiary alicyclic amines) is 1. The molecule has 3 heterocycles. The van der Waals surface area contributed by atoms with Gasteiger partial charge in [-0.15, -0.1) is 0 Å². The van der Waals surface area contributed by atoms with Crippen LogP contribution in [0.3, 0.4) is 0 Å². The summed E-state index contributed by atoms with van der Waals surface area (Å²) >= 11 is 0. The van der Waals surface area contributed by atoms with Gasteiger partial charge in [0.25, 0.3) is 15.9 Å². The molecular weight excluding hydrogens is 436 g/mol. The van der Waals surface area contributed by atoms with Crippen molar-refractivity contribution >= 4 is 27.6 Å². The van der Waals surface area contributed by atoms with Crippen molar-refractivity contribution in [2.75, 3.05) is 13.1 Å². The first-order valence-corrected chi connectivity index (χ1v) is 11.3. The van der Waals surface area contributed by atoms with Gasteiger partial charge >= 0.3 is 0 Å². The van der Waals surface area contributed by atoms with Crippen molar-refractivity contribution in [2.24, 2.45) is 5.73 Å². The summed E-state index contributed by atoms with van der Waals surface area (Å²) in [5, 5.41) is 9.32. The van der Waals surface area contributed by atoms with Crippen molar-refractivity contribution < 1.29 is 27.9 Å². The van der Waals surface area contributed by atoms with E-state index in [-0.39, 0.29) is 30.2 Å². The molecule has 32 heavy (non-hydrogen) atoms. The van der Waals surface area contributed by atoms with Crippen LogP contribution in [0.5, 0.6) is 5.75 Å². The SMILES string of the molecule is NC(=O)C12C(=O)CN(S(=O)(=O)c3ccccn3)C1CCN2C(=O)[CH]Cc1cccc(O)c1. The summed E-state index contributed by atoms with van der Waals surface area (Å²) in [4.78, 5) is 43.6. The number of aromatic hydroxyl groups is 1. The standard InChI is InChI=1S/C21H21N4O6S/c22-20(29)21-16(25(13-17(21)27)32(30,31)18-6-1-2-10-23-18)9-11-24(21)19(28)8-7-14-4-3-5-15(26)12-14/h1-6,8,10,12,16,26H,7,9,11,13H2,(H2,22,29). The molecule has 1 aromatic carbocycles. The lowest BCUT2D eigenvalue weighted by molar-refractivity contribution is -0.147. The van der Waals surface area contributed by atoms with Gasteiger partial charge < -0.3 is 15.7 Å². The normalized spacial score (nSPS) is 23.3. The molecule has 2 aliphatic heterocycles. The van der Waals surface area contributed by atoms with Gasteiger partial charge in [0, 0.05) is 12.7 Å². The fraction of sp³-hybridized carbons (Fsp3) is 0.286. The highest BCUT2D eigenvalue weighted by molar-refractivity contribution is 7.89. The molecule has 3 N–H and O–H groups in total. The number of primary amides is 1. The van der Waals surface area contributed by atoms with E-state index in [2.05, 4.69) is 4.98 Å². The first-order valence-electron chi connectivity index (χ1n) is 9.88. The zero-order valence-corrected chi connectivity index (χ0v) is 17.7. The minimum atomic E-state index is -4.19. The second kappa shape index (κ2) is 7.99. The Bertz CT molecular complexity index is 1190. The van der Waals surface area contributed by atoms with Crippen molar-refractivity contribution in [2.45, 2.75) is 29.4 Å². The lowest BCUT2D eigenvalue weighted by atomic mass is 9.89. The van der Waals surface area contributed by atoms with Gasteiger partial charge in [-0.1, -0.05) is 18.2 Å². The van der Waals surface area contributed by atoms with E-state index in [9.17, 15) is 27.9 Å². The fourth-order valence-electron chi connectivity index (χ4n) is 4.47. The van der Waals surface area contributed by atoms with Gasteiger partial charge in [-0.05, 0) is 42.7 Å². The number of amides is 2. The van der Waals surface area contributed by atoms with Crippen LogP contribution in [0.4, 0.5) is 0 Å². The number of rotatable bonds is 6. The maximum absolute atomic E-state index is 13.1. The number of hydrogen-bond acceptors (Lipinski definition) is 7.